The molecule has 1 unspecified atom stereocenters. The van der Waals surface area contributed by atoms with Crippen LogP contribution in [0.15, 0.2) is 70.9 Å². The molecule has 9 nitrogen and oxygen atoms in total. The third-order valence-corrected chi connectivity index (χ3v) is 5.69. The summed E-state index contributed by atoms with van der Waals surface area (Å²) in [4.78, 5) is 12.9. The smallest absolute Gasteiger partial charge is 0.338 e. The number of tetrazole rings is 1. The minimum atomic E-state index is -0.608. The standard InChI is InChI=1S/C24H24BrN5O4/c1-4-12-33-23(31)21-15(3)26-24-27-28-29-30(24)22(21)17-8-11-19(20(13-17)32-5-2)34-14-16-6-9-18(25)10-7-16/h4,6-11,13,22H,1,5,12,14H2,2-3H3,(H,26,27,29). The number of esters is 1. The Morgan fingerprint density at radius 1 is 1.21 bits per heavy atom. The zero-order chi connectivity index (χ0) is 24.1. The van der Waals surface area contributed by atoms with E-state index in [1.165, 1.54) is 6.08 Å². The first-order chi connectivity index (χ1) is 16.5. The van der Waals surface area contributed by atoms with Crippen LogP contribution in [0.5, 0.6) is 11.5 Å². The van der Waals surface area contributed by atoms with Crippen LogP contribution in [0.2, 0.25) is 0 Å². The van der Waals surface area contributed by atoms with Crippen LogP contribution in [0.3, 0.4) is 0 Å². The monoisotopic (exact) mass is 525 g/mol. The van der Waals surface area contributed by atoms with E-state index in [0.29, 0.717) is 41.9 Å². The van der Waals surface area contributed by atoms with Crippen molar-refractivity contribution in [3.63, 3.8) is 0 Å². The van der Waals surface area contributed by atoms with Gasteiger partial charge in [0, 0.05) is 10.2 Å². The summed E-state index contributed by atoms with van der Waals surface area (Å²) >= 11 is 3.44. The number of carbonyl (C=O) groups excluding carboxylic acids is 1. The van der Waals surface area contributed by atoms with Crippen LogP contribution in [0.4, 0.5) is 5.95 Å². The molecule has 34 heavy (non-hydrogen) atoms. The number of hydrogen-bond acceptors (Lipinski definition) is 8. The van der Waals surface area contributed by atoms with E-state index in [4.69, 9.17) is 14.2 Å². The highest BCUT2D eigenvalue weighted by Gasteiger charge is 2.35. The number of nitrogens with one attached hydrogen (secondary N) is 1. The molecule has 0 saturated carbocycles. The van der Waals surface area contributed by atoms with Crippen molar-refractivity contribution < 1.29 is 19.0 Å². The number of nitrogens with zero attached hydrogens (tertiary/aromatic N) is 4. The van der Waals surface area contributed by atoms with Crippen molar-refractivity contribution in [2.24, 2.45) is 0 Å². The van der Waals surface area contributed by atoms with Crippen molar-refractivity contribution >= 4 is 27.8 Å². The van der Waals surface area contributed by atoms with E-state index < -0.39 is 12.0 Å². The summed E-state index contributed by atoms with van der Waals surface area (Å²) in [6.07, 6.45) is 1.52. The molecule has 4 rings (SSSR count). The van der Waals surface area contributed by atoms with E-state index in [9.17, 15) is 4.79 Å². The van der Waals surface area contributed by atoms with E-state index in [1.54, 1.807) is 11.6 Å². The van der Waals surface area contributed by atoms with Crippen LogP contribution < -0.4 is 14.8 Å². The Kier molecular flexibility index (Phi) is 7.27. The number of benzene rings is 2. The van der Waals surface area contributed by atoms with Crippen LogP contribution in [0.25, 0.3) is 0 Å². The van der Waals surface area contributed by atoms with Gasteiger partial charge in [0.05, 0.1) is 12.2 Å². The van der Waals surface area contributed by atoms with Gasteiger partial charge < -0.3 is 19.5 Å². The lowest BCUT2D eigenvalue weighted by molar-refractivity contribution is -0.138. The molecule has 0 bridgehead atoms. The molecule has 1 aliphatic rings. The van der Waals surface area contributed by atoms with Crippen molar-refractivity contribution in [1.82, 2.24) is 20.2 Å². The van der Waals surface area contributed by atoms with Crippen LogP contribution in [-0.4, -0.2) is 39.4 Å². The molecule has 0 radical (unpaired) electrons. The number of carbonyl (C=O) groups is 1. The fourth-order valence-corrected chi connectivity index (χ4v) is 3.89. The first-order valence-corrected chi connectivity index (χ1v) is 11.5. The largest absolute Gasteiger partial charge is 0.490 e. The Morgan fingerprint density at radius 3 is 2.74 bits per heavy atom. The first-order valence-electron chi connectivity index (χ1n) is 10.7. The Balaban J connectivity index is 1.68. The summed E-state index contributed by atoms with van der Waals surface area (Å²) in [5, 5.41) is 14.9. The average Bonchev–Trinajstić information content (AvgIpc) is 3.30. The highest BCUT2D eigenvalue weighted by molar-refractivity contribution is 9.10. The second-order valence-corrected chi connectivity index (χ2v) is 8.37. The van der Waals surface area contributed by atoms with Gasteiger partial charge in [0.15, 0.2) is 11.5 Å². The van der Waals surface area contributed by atoms with Crippen molar-refractivity contribution in [3.8, 4) is 11.5 Å². The third-order valence-electron chi connectivity index (χ3n) is 5.16. The second kappa shape index (κ2) is 10.5. The number of aromatic nitrogens is 4. The third kappa shape index (κ3) is 4.96. The average molecular weight is 526 g/mol. The normalized spacial score (nSPS) is 14.7. The van der Waals surface area contributed by atoms with E-state index in [1.807, 2.05) is 49.4 Å². The summed E-state index contributed by atoms with van der Waals surface area (Å²) in [6, 6.07) is 12.8. The fourth-order valence-electron chi connectivity index (χ4n) is 3.62. The summed E-state index contributed by atoms with van der Waals surface area (Å²) in [5.41, 5.74) is 2.78. The predicted molar refractivity (Wildman–Crippen MR) is 130 cm³/mol. The first kappa shape index (κ1) is 23.5. The van der Waals surface area contributed by atoms with Gasteiger partial charge in [-0.1, -0.05) is 51.9 Å². The van der Waals surface area contributed by atoms with Crippen LogP contribution in [0, 0.1) is 0 Å². The lowest BCUT2D eigenvalue weighted by Gasteiger charge is -2.27. The molecule has 0 amide bonds. The lowest BCUT2D eigenvalue weighted by atomic mass is 9.95. The molecule has 3 aromatic rings. The number of hydrogen-bond donors (Lipinski definition) is 1. The number of anilines is 1. The summed E-state index contributed by atoms with van der Waals surface area (Å²) < 4.78 is 19.8. The van der Waals surface area contributed by atoms with Gasteiger partial charge in [-0.25, -0.2) is 4.79 Å². The quantitative estimate of drug-likeness (QED) is 0.323. The van der Waals surface area contributed by atoms with Gasteiger partial charge in [-0.3, -0.25) is 0 Å². The minimum Gasteiger partial charge on any atom is -0.490 e. The summed E-state index contributed by atoms with van der Waals surface area (Å²) in [7, 11) is 0. The topological polar surface area (TPSA) is 100 Å². The number of halogens is 1. The molecule has 1 aromatic heterocycles. The molecule has 0 spiro atoms. The van der Waals surface area contributed by atoms with Crippen molar-refractivity contribution in [1.29, 1.82) is 0 Å². The Labute approximate surface area is 205 Å². The fraction of sp³-hybridized carbons (Fsp3) is 0.250. The second-order valence-electron chi connectivity index (χ2n) is 7.45. The van der Waals surface area contributed by atoms with Gasteiger partial charge in [-0.2, -0.15) is 4.68 Å². The molecule has 1 atom stereocenters. The number of fused-ring (bicyclic) bond motifs is 1. The number of ether oxygens (including phenoxy) is 3. The summed E-state index contributed by atoms with van der Waals surface area (Å²) in [5.74, 6) is 1.10. The van der Waals surface area contributed by atoms with Crippen LogP contribution >= 0.6 is 15.9 Å². The Bertz CT molecular complexity index is 1220. The van der Waals surface area contributed by atoms with Crippen LogP contribution in [0.1, 0.15) is 31.0 Å². The minimum absolute atomic E-state index is 0.0951. The highest BCUT2D eigenvalue weighted by Crippen LogP contribution is 2.39. The molecule has 2 heterocycles. The maximum Gasteiger partial charge on any atom is 0.338 e. The number of allylic oxidation sites excluding steroid dienone is 1. The Hall–Kier alpha value is -3.66. The van der Waals surface area contributed by atoms with E-state index >= 15 is 0 Å². The SMILES string of the molecule is C=CCOC(=O)C1=C(C)Nc2nnnn2C1c1ccc(OCc2ccc(Br)cc2)c(OCC)c1. The summed E-state index contributed by atoms with van der Waals surface area (Å²) in [6.45, 7) is 8.22. The molecule has 1 N–H and O–H groups in total. The van der Waals surface area contributed by atoms with Gasteiger partial charge in [0.2, 0.25) is 5.95 Å². The molecular formula is C24H24BrN5O4. The van der Waals surface area contributed by atoms with Crippen molar-refractivity contribution in [2.45, 2.75) is 26.5 Å². The van der Waals surface area contributed by atoms with Crippen LogP contribution in [-0.2, 0) is 16.1 Å². The molecule has 10 heteroatoms. The van der Waals surface area contributed by atoms with E-state index in [-0.39, 0.29) is 6.61 Å². The van der Waals surface area contributed by atoms with Crippen molar-refractivity contribution in [2.75, 3.05) is 18.5 Å². The zero-order valence-electron chi connectivity index (χ0n) is 18.8. The molecule has 176 valence electrons. The van der Waals surface area contributed by atoms with Crippen molar-refractivity contribution in [3.05, 3.63) is 82.0 Å². The molecule has 0 saturated heterocycles. The van der Waals surface area contributed by atoms with Gasteiger partial charge in [-0.05, 0) is 59.7 Å². The molecule has 2 aromatic carbocycles. The van der Waals surface area contributed by atoms with Gasteiger partial charge in [0.1, 0.15) is 19.3 Å². The lowest BCUT2D eigenvalue weighted by Crippen LogP contribution is -2.29. The maximum atomic E-state index is 12.9. The Morgan fingerprint density at radius 2 is 2.00 bits per heavy atom. The van der Waals surface area contributed by atoms with E-state index in [0.717, 1.165) is 15.6 Å². The molecular weight excluding hydrogens is 502 g/mol. The number of rotatable bonds is 9. The van der Waals surface area contributed by atoms with Gasteiger partial charge >= 0.3 is 5.97 Å². The molecule has 0 aliphatic carbocycles. The highest BCUT2D eigenvalue weighted by atomic mass is 79.9. The predicted octanol–water partition coefficient (Wildman–Crippen LogP) is 4.43. The molecule has 0 fully saturated rings. The van der Waals surface area contributed by atoms with Gasteiger partial charge in [-0.15, -0.1) is 0 Å². The van der Waals surface area contributed by atoms with Gasteiger partial charge in [0.25, 0.3) is 0 Å². The zero-order valence-corrected chi connectivity index (χ0v) is 20.4. The van der Waals surface area contributed by atoms with E-state index in [2.05, 4.69) is 43.4 Å². The maximum absolute atomic E-state index is 12.9. The molecule has 1 aliphatic heterocycles.